The molecule has 0 N–H and O–H groups in total. The van der Waals surface area contributed by atoms with Crippen molar-refractivity contribution in [2.45, 2.75) is 33.2 Å². The summed E-state index contributed by atoms with van der Waals surface area (Å²) in [7, 11) is 0. The Balaban J connectivity index is 2.64. The van der Waals surface area contributed by atoms with Crippen molar-refractivity contribution in [3.8, 4) is 0 Å². The van der Waals surface area contributed by atoms with Gasteiger partial charge in [-0.25, -0.2) is 0 Å². The molecule has 1 amide bonds. The fourth-order valence-corrected chi connectivity index (χ4v) is 1.65. The van der Waals surface area contributed by atoms with E-state index in [1.165, 1.54) is 10.6 Å². The summed E-state index contributed by atoms with van der Waals surface area (Å²) in [5.41, 5.74) is -0.132. The second kappa shape index (κ2) is 6.89. The maximum atomic E-state index is 12.0. The van der Waals surface area contributed by atoms with Crippen LogP contribution in [0.2, 0.25) is 0 Å². The van der Waals surface area contributed by atoms with Crippen LogP contribution in [-0.2, 0) is 11.3 Å². The molecule has 1 rings (SSSR count). The largest absolute Gasteiger partial charge is 0.341 e. The Morgan fingerprint density at radius 1 is 1.35 bits per heavy atom. The van der Waals surface area contributed by atoms with Gasteiger partial charge < -0.3 is 9.47 Å². The molecule has 0 aliphatic heterocycles. The van der Waals surface area contributed by atoms with Crippen molar-refractivity contribution in [3.05, 3.63) is 34.7 Å². The van der Waals surface area contributed by atoms with Crippen molar-refractivity contribution < 1.29 is 4.79 Å². The van der Waals surface area contributed by atoms with Crippen molar-refractivity contribution >= 4 is 5.91 Å². The molecule has 0 aliphatic rings. The first kappa shape index (κ1) is 13.5. The molecule has 1 aromatic heterocycles. The summed E-state index contributed by atoms with van der Waals surface area (Å²) < 4.78 is 1.44. The van der Waals surface area contributed by atoms with E-state index in [-0.39, 0.29) is 18.0 Å². The number of carbonyl (C=O) groups is 1. The maximum absolute atomic E-state index is 12.0. The first-order chi connectivity index (χ1) is 8.19. The highest BCUT2D eigenvalue weighted by Crippen LogP contribution is 1.97. The van der Waals surface area contributed by atoms with E-state index in [1.807, 2.05) is 6.92 Å². The Bertz CT molecular complexity index is 412. The zero-order chi connectivity index (χ0) is 12.7. The van der Waals surface area contributed by atoms with Crippen LogP contribution in [0.1, 0.15) is 26.7 Å². The predicted molar refractivity (Wildman–Crippen MR) is 67.9 cm³/mol. The Morgan fingerprint density at radius 3 is 2.71 bits per heavy atom. The molecule has 4 heteroatoms. The quantitative estimate of drug-likeness (QED) is 0.751. The molecule has 0 bridgehead atoms. The molecule has 0 unspecified atom stereocenters. The minimum atomic E-state index is -0.132. The van der Waals surface area contributed by atoms with Crippen molar-refractivity contribution in [1.29, 1.82) is 0 Å². The number of rotatable bonds is 6. The highest BCUT2D eigenvalue weighted by molar-refractivity contribution is 5.75. The Kier molecular flexibility index (Phi) is 5.46. The standard InChI is InChI=1S/C13H20N2O2/c1-3-5-9-14(4-2)13(17)11-15-10-7-6-8-12(15)16/h6-8,10H,3-5,9,11H2,1-2H3. The molecule has 4 nitrogen and oxygen atoms in total. The van der Waals surface area contributed by atoms with Crippen molar-refractivity contribution in [3.63, 3.8) is 0 Å². The molecule has 0 fully saturated rings. The van der Waals surface area contributed by atoms with E-state index < -0.39 is 0 Å². The third-order valence-electron chi connectivity index (χ3n) is 2.72. The summed E-state index contributed by atoms with van der Waals surface area (Å²) in [6.45, 7) is 5.66. The summed E-state index contributed by atoms with van der Waals surface area (Å²) in [4.78, 5) is 25.2. The van der Waals surface area contributed by atoms with Crippen molar-refractivity contribution in [2.24, 2.45) is 0 Å². The monoisotopic (exact) mass is 236 g/mol. The van der Waals surface area contributed by atoms with Crippen molar-refractivity contribution in [2.75, 3.05) is 13.1 Å². The van der Waals surface area contributed by atoms with Gasteiger partial charge in [-0.15, -0.1) is 0 Å². The van der Waals surface area contributed by atoms with E-state index in [9.17, 15) is 9.59 Å². The summed E-state index contributed by atoms with van der Waals surface area (Å²) in [6.07, 6.45) is 3.71. The molecule has 0 atom stereocenters. The number of nitrogens with zero attached hydrogens (tertiary/aromatic N) is 2. The molecule has 17 heavy (non-hydrogen) atoms. The van der Waals surface area contributed by atoms with E-state index in [0.29, 0.717) is 6.54 Å². The number of unbranched alkanes of at least 4 members (excludes halogenated alkanes) is 1. The minimum Gasteiger partial charge on any atom is -0.341 e. The van der Waals surface area contributed by atoms with Gasteiger partial charge in [-0.3, -0.25) is 9.59 Å². The molecular formula is C13H20N2O2. The highest BCUT2D eigenvalue weighted by atomic mass is 16.2. The lowest BCUT2D eigenvalue weighted by Gasteiger charge is -2.20. The van der Waals surface area contributed by atoms with Gasteiger partial charge in [0.15, 0.2) is 0 Å². The third-order valence-corrected chi connectivity index (χ3v) is 2.72. The van der Waals surface area contributed by atoms with Gasteiger partial charge in [-0.1, -0.05) is 19.4 Å². The second-order valence-electron chi connectivity index (χ2n) is 3.99. The molecular weight excluding hydrogens is 216 g/mol. The maximum Gasteiger partial charge on any atom is 0.250 e. The van der Waals surface area contributed by atoms with Crippen LogP contribution in [0.4, 0.5) is 0 Å². The molecule has 0 saturated heterocycles. The van der Waals surface area contributed by atoms with Gasteiger partial charge in [0.2, 0.25) is 5.91 Å². The zero-order valence-electron chi connectivity index (χ0n) is 10.6. The van der Waals surface area contributed by atoms with Crippen LogP contribution in [0.5, 0.6) is 0 Å². The van der Waals surface area contributed by atoms with Gasteiger partial charge in [0.25, 0.3) is 5.56 Å². The molecule has 0 aliphatic carbocycles. The van der Waals surface area contributed by atoms with Crippen LogP contribution in [0.15, 0.2) is 29.2 Å². The summed E-state index contributed by atoms with van der Waals surface area (Å²) in [5, 5.41) is 0. The van der Waals surface area contributed by atoms with E-state index in [0.717, 1.165) is 19.4 Å². The van der Waals surface area contributed by atoms with E-state index in [4.69, 9.17) is 0 Å². The fraction of sp³-hybridized carbons (Fsp3) is 0.538. The van der Waals surface area contributed by atoms with Gasteiger partial charge >= 0.3 is 0 Å². The van der Waals surface area contributed by atoms with Crippen LogP contribution >= 0.6 is 0 Å². The SMILES string of the molecule is CCCCN(CC)C(=O)Cn1ccccc1=O. The average Bonchev–Trinajstić information content (AvgIpc) is 2.33. The van der Waals surface area contributed by atoms with Crippen LogP contribution in [0.25, 0.3) is 0 Å². The molecule has 0 saturated carbocycles. The van der Waals surface area contributed by atoms with Crippen LogP contribution in [0.3, 0.4) is 0 Å². The van der Waals surface area contributed by atoms with Gasteiger partial charge in [0.05, 0.1) is 0 Å². The predicted octanol–water partition coefficient (Wildman–Crippen LogP) is 1.50. The van der Waals surface area contributed by atoms with Gasteiger partial charge in [-0.05, 0) is 19.4 Å². The highest BCUT2D eigenvalue weighted by Gasteiger charge is 2.11. The first-order valence-corrected chi connectivity index (χ1v) is 6.12. The number of likely N-dealkylation sites (N-methyl/N-ethyl adjacent to an activating group) is 1. The van der Waals surface area contributed by atoms with Crippen LogP contribution < -0.4 is 5.56 Å². The van der Waals surface area contributed by atoms with Crippen molar-refractivity contribution in [1.82, 2.24) is 9.47 Å². The van der Waals surface area contributed by atoms with E-state index >= 15 is 0 Å². The van der Waals surface area contributed by atoms with Gasteiger partial charge in [0, 0.05) is 25.4 Å². The van der Waals surface area contributed by atoms with Gasteiger partial charge in [-0.2, -0.15) is 0 Å². The summed E-state index contributed by atoms with van der Waals surface area (Å²) in [5.74, 6) is 0.00856. The number of amides is 1. The lowest BCUT2D eigenvalue weighted by Crippen LogP contribution is -2.36. The molecule has 0 spiro atoms. The fourth-order valence-electron chi connectivity index (χ4n) is 1.65. The number of hydrogen-bond donors (Lipinski definition) is 0. The Hall–Kier alpha value is -1.58. The van der Waals surface area contributed by atoms with E-state index in [2.05, 4.69) is 6.92 Å². The zero-order valence-corrected chi connectivity index (χ0v) is 10.6. The summed E-state index contributed by atoms with van der Waals surface area (Å²) in [6, 6.07) is 4.91. The third kappa shape index (κ3) is 4.06. The smallest absolute Gasteiger partial charge is 0.250 e. The molecule has 94 valence electrons. The molecule has 0 radical (unpaired) electrons. The summed E-state index contributed by atoms with van der Waals surface area (Å²) >= 11 is 0. The number of pyridine rings is 1. The minimum absolute atomic E-state index is 0.00856. The first-order valence-electron chi connectivity index (χ1n) is 6.12. The van der Waals surface area contributed by atoms with Crippen LogP contribution in [0, 0.1) is 0 Å². The number of hydrogen-bond acceptors (Lipinski definition) is 2. The Morgan fingerprint density at radius 2 is 2.12 bits per heavy atom. The molecule has 1 aromatic rings. The lowest BCUT2D eigenvalue weighted by molar-refractivity contribution is -0.131. The normalized spacial score (nSPS) is 10.2. The lowest BCUT2D eigenvalue weighted by atomic mass is 10.3. The topological polar surface area (TPSA) is 42.3 Å². The molecule has 0 aromatic carbocycles. The number of aromatic nitrogens is 1. The van der Waals surface area contributed by atoms with E-state index in [1.54, 1.807) is 23.2 Å². The van der Waals surface area contributed by atoms with Crippen LogP contribution in [-0.4, -0.2) is 28.5 Å². The van der Waals surface area contributed by atoms with Gasteiger partial charge in [0.1, 0.15) is 6.54 Å². The average molecular weight is 236 g/mol. The second-order valence-corrected chi connectivity index (χ2v) is 3.99. The number of carbonyl (C=O) groups excluding carboxylic acids is 1. The Labute approximate surface area is 102 Å². The molecule has 1 heterocycles.